The second kappa shape index (κ2) is 1.90. The van der Waals surface area contributed by atoms with E-state index in [-0.39, 0.29) is 6.10 Å². The van der Waals surface area contributed by atoms with Gasteiger partial charge in [0.2, 0.25) is 0 Å². The second-order valence-electron chi connectivity index (χ2n) is 2.07. The Balaban J connectivity index is 2.51. The average molecular weight is 131 g/mol. The summed E-state index contributed by atoms with van der Waals surface area (Å²) in [5.74, 6) is 0. The molecule has 2 nitrogen and oxygen atoms in total. The number of ether oxygens (including phenoxy) is 1. The van der Waals surface area contributed by atoms with Crippen molar-refractivity contribution in [3.63, 3.8) is 0 Å². The molecule has 1 aliphatic rings. The van der Waals surface area contributed by atoms with Crippen LogP contribution in [-0.4, -0.2) is 29.8 Å². The fraction of sp³-hybridized carbons (Fsp3) is 0.800. The van der Waals surface area contributed by atoms with E-state index in [0.29, 0.717) is 5.17 Å². The number of hydrogen-bond acceptors (Lipinski definition) is 2. The van der Waals surface area contributed by atoms with Gasteiger partial charge >= 0.3 is 0 Å². The fourth-order valence-corrected chi connectivity index (χ4v) is 0.998. The number of likely N-dealkylation sites (N-methyl/N-ethyl adjacent to an activating group) is 1. The number of rotatable bonds is 0. The van der Waals surface area contributed by atoms with Crippen LogP contribution in [0, 0.1) is 0 Å². The van der Waals surface area contributed by atoms with Crippen molar-refractivity contribution >= 4 is 17.4 Å². The van der Waals surface area contributed by atoms with Crippen LogP contribution in [-0.2, 0) is 4.74 Å². The molecule has 1 fully saturated rings. The van der Waals surface area contributed by atoms with Gasteiger partial charge in [0, 0.05) is 7.05 Å². The summed E-state index contributed by atoms with van der Waals surface area (Å²) < 4.78 is 5.13. The number of thiocarbonyl (C=S) groups is 1. The van der Waals surface area contributed by atoms with Crippen LogP contribution in [0.2, 0.25) is 0 Å². The van der Waals surface area contributed by atoms with E-state index in [2.05, 4.69) is 0 Å². The van der Waals surface area contributed by atoms with Crippen LogP contribution >= 0.6 is 12.2 Å². The van der Waals surface area contributed by atoms with Gasteiger partial charge in [-0.25, -0.2) is 0 Å². The van der Waals surface area contributed by atoms with E-state index in [0.717, 1.165) is 6.54 Å². The molecular formula is C5H9NOS. The monoisotopic (exact) mass is 131 g/mol. The molecule has 1 saturated heterocycles. The third-order valence-corrected chi connectivity index (χ3v) is 1.55. The van der Waals surface area contributed by atoms with Gasteiger partial charge in [-0.05, 0) is 19.1 Å². The van der Waals surface area contributed by atoms with Gasteiger partial charge in [0.05, 0.1) is 6.54 Å². The SMILES string of the molecule is CC1CN(C)C(=S)O1. The molecule has 0 aromatic rings. The Kier molecular flexibility index (Phi) is 1.38. The predicted molar refractivity (Wildman–Crippen MR) is 35.8 cm³/mol. The zero-order valence-electron chi connectivity index (χ0n) is 5.05. The minimum absolute atomic E-state index is 0.285. The van der Waals surface area contributed by atoms with Crippen LogP contribution in [0.25, 0.3) is 0 Å². The van der Waals surface area contributed by atoms with Crippen molar-refractivity contribution in [2.75, 3.05) is 13.6 Å². The molecular weight excluding hydrogens is 122 g/mol. The van der Waals surface area contributed by atoms with Crippen molar-refractivity contribution < 1.29 is 4.74 Å². The van der Waals surface area contributed by atoms with Crippen LogP contribution in [0.4, 0.5) is 0 Å². The lowest BCUT2D eigenvalue weighted by Gasteiger charge is -2.02. The van der Waals surface area contributed by atoms with E-state index in [1.807, 2.05) is 18.9 Å². The molecule has 0 aromatic heterocycles. The highest BCUT2D eigenvalue weighted by atomic mass is 32.1. The van der Waals surface area contributed by atoms with Crippen LogP contribution in [0.1, 0.15) is 6.92 Å². The quantitative estimate of drug-likeness (QED) is 0.447. The lowest BCUT2D eigenvalue weighted by atomic mass is 10.4. The molecule has 8 heavy (non-hydrogen) atoms. The molecule has 1 atom stereocenters. The third-order valence-electron chi connectivity index (χ3n) is 1.14. The van der Waals surface area contributed by atoms with Gasteiger partial charge < -0.3 is 9.64 Å². The first-order chi connectivity index (χ1) is 3.70. The molecule has 1 heterocycles. The Morgan fingerprint density at radius 3 is 2.62 bits per heavy atom. The molecule has 0 radical (unpaired) electrons. The van der Waals surface area contributed by atoms with Gasteiger partial charge in [-0.2, -0.15) is 0 Å². The normalized spacial score (nSPS) is 28.5. The largest absolute Gasteiger partial charge is 0.466 e. The highest BCUT2D eigenvalue weighted by molar-refractivity contribution is 7.80. The Labute approximate surface area is 54.4 Å². The summed E-state index contributed by atoms with van der Waals surface area (Å²) in [6.45, 7) is 2.94. The van der Waals surface area contributed by atoms with Crippen LogP contribution in [0.5, 0.6) is 0 Å². The summed E-state index contributed by atoms with van der Waals surface area (Å²) >= 11 is 4.82. The maximum Gasteiger partial charge on any atom is 0.259 e. The first kappa shape index (κ1) is 5.82. The number of nitrogens with zero attached hydrogens (tertiary/aromatic N) is 1. The van der Waals surface area contributed by atoms with Crippen molar-refractivity contribution in [2.24, 2.45) is 0 Å². The van der Waals surface area contributed by atoms with Gasteiger partial charge in [0.25, 0.3) is 5.17 Å². The summed E-state index contributed by atoms with van der Waals surface area (Å²) in [6.07, 6.45) is 0.285. The van der Waals surface area contributed by atoms with Gasteiger partial charge in [0.1, 0.15) is 6.10 Å². The molecule has 0 aromatic carbocycles. The van der Waals surface area contributed by atoms with Gasteiger partial charge in [-0.3, -0.25) is 0 Å². The molecule has 1 rings (SSSR count). The average Bonchev–Trinajstić information content (AvgIpc) is 1.85. The first-order valence-electron chi connectivity index (χ1n) is 2.62. The third kappa shape index (κ3) is 0.916. The number of hydrogen-bond donors (Lipinski definition) is 0. The molecule has 0 amide bonds. The molecule has 0 aliphatic carbocycles. The topological polar surface area (TPSA) is 12.5 Å². The van der Waals surface area contributed by atoms with Crippen molar-refractivity contribution in [3.05, 3.63) is 0 Å². The van der Waals surface area contributed by atoms with Crippen LogP contribution < -0.4 is 0 Å². The predicted octanol–water partition coefficient (Wildman–Crippen LogP) is 0.622. The van der Waals surface area contributed by atoms with E-state index in [4.69, 9.17) is 17.0 Å². The lowest BCUT2D eigenvalue weighted by molar-refractivity contribution is 0.257. The fourth-order valence-electron chi connectivity index (χ4n) is 0.760. The van der Waals surface area contributed by atoms with Gasteiger partial charge in [-0.1, -0.05) is 0 Å². The van der Waals surface area contributed by atoms with Crippen molar-refractivity contribution in [1.82, 2.24) is 4.90 Å². The molecule has 3 heteroatoms. The van der Waals surface area contributed by atoms with Gasteiger partial charge in [-0.15, -0.1) is 0 Å². The Bertz CT molecular complexity index is 115. The van der Waals surface area contributed by atoms with E-state index in [1.54, 1.807) is 0 Å². The smallest absolute Gasteiger partial charge is 0.259 e. The summed E-state index contributed by atoms with van der Waals surface area (Å²) in [4.78, 5) is 1.93. The molecule has 1 unspecified atom stereocenters. The Hall–Kier alpha value is -0.310. The Morgan fingerprint density at radius 2 is 2.50 bits per heavy atom. The molecule has 1 aliphatic heterocycles. The summed E-state index contributed by atoms with van der Waals surface area (Å²) in [5, 5.41) is 0.623. The van der Waals surface area contributed by atoms with Crippen molar-refractivity contribution in [1.29, 1.82) is 0 Å². The van der Waals surface area contributed by atoms with E-state index in [1.165, 1.54) is 0 Å². The molecule has 0 saturated carbocycles. The summed E-state index contributed by atoms with van der Waals surface area (Å²) in [5.41, 5.74) is 0. The summed E-state index contributed by atoms with van der Waals surface area (Å²) in [6, 6.07) is 0. The molecule has 0 N–H and O–H groups in total. The maximum absolute atomic E-state index is 5.13. The standard InChI is InChI=1S/C5H9NOS/c1-4-3-6(2)5(8)7-4/h4H,3H2,1-2H3. The first-order valence-corrected chi connectivity index (χ1v) is 3.02. The highest BCUT2D eigenvalue weighted by Crippen LogP contribution is 2.06. The van der Waals surface area contributed by atoms with E-state index in [9.17, 15) is 0 Å². The lowest BCUT2D eigenvalue weighted by Crippen LogP contribution is -2.18. The van der Waals surface area contributed by atoms with Crippen LogP contribution in [0.15, 0.2) is 0 Å². The minimum atomic E-state index is 0.285. The second-order valence-corrected chi connectivity index (χ2v) is 2.42. The van der Waals surface area contributed by atoms with E-state index < -0.39 is 0 Å². The molecule has 46 valence electrons. The zero-order chi connectivity index (χ0) is 6.15. The molecule has 0 spiro atoms. The van der Waals surface area contributed by atoms with Crippen LogP contribution in [0.3, 0.4) is 0 Å². The van der Waals surface area contributed by atoms with Gasteiger partial charge in [0.15, 0.2) is 0 Å². The van der Waals surface area contributed by atoms with Crippen molar-refractivity contribution in [3.8, 4) is 0 Å². The minimum Gasteiger partial charge on any atom is -0.466 e. The Morgan fingerprint density at radius 1 is 1.88 bits per heavy atom. The molecule has 0 bridgehead atoms. The van der Waals surface area contributed by atoms with Crippen molar-refractivity contribution in [2.45, 2.75) is 13.0 Å². The highest BCUT2D eigenvalue weighted by Gasteiger charge is 2.19. The summed E-state index contributed by atoms with van der Waals surface area (Å²) in [7, 11) is 1.94. The van der Waals surface area contributed by atoms with E-state index >= 15 is 0 Å². The maximum atomic E-state index is 5.13. The zero-order valence-corrected chi connectivity index (χ0v) is 5.86.